The number of hydrogen-bond donors (Lipinski definition) is 3. The van der Waals surface area contributed by atoms with Crippen molar-refractivity contribution in [3.63, 3.8) is 0 Å². The highest BCUT2D eigenvalue weighted by Crippen LogP contribution is 2.30. The average Bonchev–Trinajstić information content (AvgIpc) is 3.87. The highest BCUT2D eigenvalue weighted by molar-refractivity contribution is 6.44. The number of nitrogens with one attached hydrogen (secondary N) is 2. The molecule has 318 valence electrons. The summed E-state index contributed by atoms with van der Waals surface area (Å²) in [7, 11) is 0. The number of piperazine rings is 2. The number of rotatable bonds is 8. The topological polar surface area (TPSA) is 139 Å². The van der Waals surface area contributed by atoms with Gasteiger partial charge in [0.2, 0.25) is 0 Å². The molecule has 4 heterocycles. The van der Waals surface area contributed by atoms with E-state index in [0.717, 1.165) is 35.1 Å². The number of Topliss-reactive ketones (excluding diaryl/α,β-unsaturated/α-hetero) is 1. The summed E-state index contributed by atoms with van der Waals surface area (Å²) in [6, 6.07) is 22.0. The lowest BCUT2D eigenvalue weighted by molar-refractivity contribution is -0.114. The Bertz CT molecular complexity index is 2600. The van der Waals surface area contributed by atoms with Gasteiger partial charge < -0.3 is 25.5 Å². The first-order valence-electron chi connectivity index (χ1n) is 20.1. The number of primary amides is 1. The third-order valence-electron chi connectivity index (χ3n) is 11.7. The molecule has 4 atom stereocenters. The number of ketones is 1. The highest BCUT2D eigenvalue weighted by atomic mass is 35.5. The predicted molar refractivity (Wildman–Crippen MR) is 234 cm³/mol. The molecule has 0 radical (unpaired) electrons. The van der Waals surface area contributed by atoms with Crippen LogP contribution >= 0.6 is 23.2 Å². The number of aromatic nitrogens is 2. The molecule has 0 saturated carbocycles. The first-order valence-corrected chi connectivity index (χ1v) is 20.8. The van der Waals surface area contributed by atoms with Gasteiger partial charge in [0, 0.05) is 97.6 Å². The Morgan fingerprint density at radius 3 is 1.59 bits per heavy atom. The summed E-state index contributed by atoms with van der Waals surface area (Å²) in [6.07, 6.45) is 3.23. The van der Waals surface area contributed by atoms with Crippen LogP contribution in [0.5, 0.6) is 0 Å². The average molecular weight is 871 g/mol. The molecule has 2 aliphatic rings. The Labute approximate surface area is 362 Å². The van der Waals surface area contributed by atoms with Gasteiger partial charge >= 0.3 is 0 Å². The number of halogens is 4. The van der Waals surface area contributed by atoms with Crippen molar-refractivity contribution in [3.05, 3.63) is 141 Å². The van der Waals surface area contributed by atoms with Gasteiger partial charge in [-0.1, -0.05) is 47.5 Å². The second-order valence-electron chi connectivity index (χ2n) is 16.1. The fourth-order valence-electron chi connectivity index (χ4n) is 8.23. The Morgan fingerprint density at radius 1 is 0.623 bits per heavy atom. The first kappa shape index (κ1) is 43.5. The van der Waals surface area contributed by atoms with Crippen LogP contribution in [0.4, 0.5) is 8.78 Å². The lowest BCUT2D eigenvalue weighted by Crippen LogP contribution is -2.57. The van der Waals surface area contributed by atoms with Crippen LogP contribution in [0.1, 0.15) is 69.9 Å². The quantitative estimate of drug-likeness (QED) is 0.105. The van der Waals surface area contributed by atoms with E-state index in [1.807, 2.05) is 55.3 Å². The number of nitrogens with zero attached hydrogens (tertiary/aromatic N) is 4. The van der Waals surface area contributed by atoms with Crippen molar-refractivity contribution in [2.75, 3.05) is 26.2 Å². The molecule has 11 nitrogen and oxygen atoms in total. The molecule has 0 bridgehead atoms. The monoisotopic (exact) mass is 869 g/mol. The summed E-state index contributed by atoms with van der Waals surface area (Å²) in [6.45, 7) is 12.1. The molecule has 4 N–H and O–H groups in total. The Kier molecular flexibility index (Phi) is 13.0. The van der Waals surface area contributed by atoms with E-state index in [0.29, 0.717) is 47.7 Å². The molecule has 4 aromatic carbocycles. The number of fused-ring (bicyclic) bond motifs is 2. The van der Waals surface area contributed by atoms with Crippen molar-refractivity contribution < 1.29 is 28.0 Å². The van der Waals surface area contributed by atoms with Crippen LogP contribution in [0.25, 0.3) is 21.8 Å². The number of benzene rings is 4. The minimum atomic E-state index is -1.07. The number of carbonyl (C=O) groups excluding carboxylic acids is 4. The van der Waals surface area contributed by atoms with Crippen molar-refractivity contribution in [2.24, 2.45) is 5.73 Å². The highest BCUT2D eigenvalue weighted by Gasteiger charge is 2.35. The molecule has 2 saturated heterocycles. The zero-order chi connectivity index (χ0) is 43.7. The maximum Gasteiger partial charge on any atom is 0.289 e. The van der Waals surface area contributed by atoms with Gasteiger partial charge in [-0.2, -0.15) is 0 Å². The second kappa shape index (κ2) is 18.2. The van der Waals surface area contributed by atoms with Crippen molar-refractivity contribution in [1.82, 2.24) is 29.6 Å². The molecule has 61 heavy (non-hydrogen) atoms. The van der Waals surface area contributed by atoms with Crippen LogP contribution in [0.2, 0.25) is 10.0 Å². The molecule has 2 fully saturated rings. The van der Waals surface area contributed by atoms with E-state index in [4.69, 9.17) is 28.9 Å². The number of aromatic amines is 2. The normalized spacial score (nSPS) is 19.8. The fourth-order valence-corrected chi connectivity index (χ4v) is 8.72. The number of amides is 3. The second-order valence-corrected chi connectivity index (χ2v) is 16.9. The SMILES string of the molecule is C[C@@H]1CN(Cc2ccc(F)cc2)[C@@H](C)CN1C(=O)c1cc2c(C(=O)C(N)=O)c[nH]c2cc1Cl.C[C@@H]1CN(Cc2ccc(F)cc2)[C@@H](C)CN1C(=O)c1cc2cc[nH]c2cc1Cl. The summed E-state index contributed by atoms with van der Waals surface area (Å²) in [5.41, 5.74) is 9.58. The van der Waals surface area contributed by atoms with Crippen LogP contribution in [0.15, 0.2) is 91.3 Å². The lowest BCUT2D eigenvalue weighted by Gasteiger charge is -2.44. The summed E-state index contributed by atoms with van der Waals surface area (Å²) in [4.78, 5) is 64.4. The Morgan fingerprint density at radius 2 is 1.10 bits per heavy atom. The maximum absolute atomic E-state index is 13.5. The van der Waals surface area contributed by atoms with Gasteiger partial charge in [-0.05, 0) is 93.4 Å². The van der Waals surface area contributed by atoms with E-state index in [2.05, 4.69) is 33.6 Å². The van der Waals surface area contributed by atoms with Crippen LogP contribution < -0.4 is 5.73 Å². The molecule has 2 aliphatic heterocycles. The van der Waals surface area contributed by atoms with Gasteiger partial charge in [0.1, 0.15) is 11.6 Å². The predicted octanol–water partition coefficient (Wildman–Crippen LogP) is 8.06. The van der Waals surface area contributed by atoms with Crippen LogP contribution in [-0.4, -0.2) is 103 Å². The molecular weight excluding hydrogens is 823 g/mol. The maximum atomic E-state index is 13.5. The van der Waals surface area contributed by atoms with E-state index < -0.39 is 11.7 Å². The summed E-state index contributed by atoms with van der Waals surface area (Å²) < 4.78 is 26.4. The summed E-state index contributed by atoms with van der Waals surface area (Å²) in [5.74, 6) is -2.68. The van der Waals surface area contributed by atoms with Crippen LogP contribution in [0.3, 0.4) is 0 Å². The number of carbonyl (C=O) groups is 4. The molecule has 0 aliphatic carbocycles. The number of nitrogens with two attached hydrogens (primary N) is 1. The van der Waals surface area contributed by atoms with Crippen molar-refractivity contribution in [2.45, 2.75) is 65.0 Å². The molecule has 3 amide bonds. The van der Waals surface area contributed by atoms with Crippen molar-refractivity contribution in [1.29, 1.82) is 0 Å². The van der Waals surface area contributed by atoms with Crippen molar-refractivity contribution in [3.8, 4) is 0 Å². The van der Waals surface area contributed by atoms with Gasteiger partial charge in [-0.3, -0.25) is 29.0 Å². The number of hydrogen-bond acceptors (Lipinski definition) is 6. The van der Waals surface area contributed by atoms with Gasteiger partial charge in [0.25, 0.3) is 23.5 Å². The Hall–Kier alpha value is -5.60. The summed E-state index contributed by atoms with van der Waals surface area (Å²) in [5, 5.41) is 2.11. The van der Waals surface area contributed by atoms with Crippen LogP contribution in [0, 0.1) is 11.6 Å². The van der Waals surface area contributed by atoms with E-state index in [9.17, 15) is 28.0 Å². The number of H-pyrrole nitrogens is 2. The smallest absolute Gasteiger partial charge is 0.289 e. The third kappa shape index (κ3) is 9.50. The van der Waals surface area contributed by atoms with E-state index in [-0.39, 0.29) is 63.8 Å². The van der Waals surface area contributed by atoms with Crippen molar-refractivity contribution >= 4 is 68.5 Å². The van der Waals surface area contributed by atoms with Crippen LogP contribution in [-0.2, 0) is 17.9 Å². The van der Waals surface area contributed by atoms with E-state index in [1.54, 1.807) is 23.1 Å². The minimum Gasteiger partial charge on any atom is -0.363 e. The molecular formula is C46H47Cl2F2N7O4. The van der Waals surface area contributed by atoms with E-state index >= 15 is 0 Å². The molecule has 0 unspecified atom stereocenters. The molecule has 8 rings (SSSR count). The van der Waals surface area contributed by atoms with Gasteiger partial charge in [-0.15, -0.1) is 0 Å². The van der Waals surface area contributed by atoms with Gasteiger partial charge in [0.15, 0.2) is 0 Å². The zero-order valence-electron chi connectivity index (χ0n) is 34.2. The lowest BCUT2D eigenvalue weighted by atomic mass is 10.0. The zero-order valence-corrected chi connectivity index (χ0v) is 35.7. The standard InChI is InChI=1S/C24H24ClFN4O3.C22H23ClFN3O/c1-13-11-30(14(2)10-29(13)12-15-3-5-16(26)6-4-15)24(33)18-7-17-19(22(31)23(27)32)9-28-21(17)8-20(18)25;1-14-12-27(15(2)11-26(14)13-16-3-5-18(24)6-4-16)22(28)19-9-17-7-8-25-21(17)10-20(19)23/h3-9,13-14,28H,10-12H2,1-2H3,(H2,27,32);3-10,14-15,25H,11-13H2,1-2H3/t13-,14+;14-,15+/m00/s1. The summed E-state index contributed by atoms with van der Waals surface area (Å²) >= 11 is 12.8. The largest absolute Gasteiger partial charge is 0.363 e. The Balaban J connectivity index is 0.000000186. The molecule has 15 heteroatoms. The first-order chi connectivity index (χ1) is 29.1. The van der Waals surface area contributed by atoms with Gasteiger partial charge in [-0.25, -0.2) is 8.78 Å². The van der Waals surface area contributed by atoms with E-state index in [1.165, 1.54) is 36.5 Å². The molecule has 6 aromatic rings. The fraction of sp³-hybridized carbons (Fsp3) is 0.304. The third-order valence-corrected chi connectivity index (χ3v) is 12.3. The molecule has 0 spiro atoms. The molecule has 2 aromatic heterocycles. The van der Waals surface area contributed by atoms with Gasteiger partial charge in [0.05, 0.1) is 26.7 Å². The minimum absolute atomic E-state index is 0.0334.